The minimum absolute atomic E-state index is 0.0139. The second-order valence-electron chi connectivity index (χ2n) is 7.11. The molecule has 5 nitrogen and oxygen atoms in total. The Hall–Kier alpha value is -3.12. The highest BCUT2D eigenvalue weighted by atomic mass is 32.2. The highest BCUT2D eigenvalue weighted by Gasteiger charge is 2.25. The number of nitrogens with zero attached hydrogens (tertiary/aromatic N) is 4. The van der Waals surface area contributed by atoms with E-state index >= 15 is 0 Å². The van der Waals surface area contributed by atoms with Gasteiger partial charge in [0.2, 0.25) is 5.91 Å². The van der Waals surface area contributed by atoms with Crippen LogP contribution in [0.3, 0.4) is 0 Å². The van der Waals surface area contributed by atoms with Crippen molar-refractivity contribution in [2.45, 2.75) is 18.3 Å². The smallest absolute Gasteiger partial charge is 0.243 e. The molecule has 0 N–H and O–H groups in total. The Morgan fingerprint density at radius 2 is 1.77 bits per heavy atom. The average Bonchev–Trinajstić information content (AvgIpc) is 3.13. The van der Waals surface area contributed by atoms with E-state index in [4.69, 9.17) is 4.98 Å². The molecule has 0 bridgehead atoms. The van der Waals surface area contributed by atoms with Gasteiger partial charge in [-0.05, 0) is 36.1 Å². The van der Waals surface area contributed by atoms with Gasteiger partial charge in [0, 0.05) is 13.2 Å². The summed E-state index contributed by atoms with van der Waals surface area (Å²) in [6.07, 6.45) is 3.81. The van der Waals surface area contributed by atoms with Crippen LogP contribution in [0.25, 0.3) is 11.0 Å². The minimum Gasteiger partial charge on any atom is -0.331 e. The van der Waals surface area contributed by atoms with Crippen LogP contribution in [0.5, 0.6) is 0 Å². The van der Waals surface area contributed by atoms with E-state index in [0.717, 1.165) is 33.9 Å². The number of hydrogen-bond donors (Lipinski definition) is 0. The zero-order valence-corrected chi connectivity index (χ0v) is 17.9. The van der Waals surface area contributed by atoms with Crippen molar-refractivity contribution in [3.8, 4) is 0 Å². The summed E-state index contributed by atoms with van der Waals surface area (Å²) in [6.45, 7) is 0.239. The number of amides is 1. The molecule has 2 aromatic carbocycles. The first-order chi connectivity index (χ1) is 14.7. The summed E-state index contributed by atoms with van der Waals surface area (Å²) in [7, 11) is 1.85. The Morgan fingerprint density at radius 1 is 1.03 bits per heavy atom. The molecule has 0 aliphatic heterocycles. The lowest BCUT2D eigenvalue weighted by Crippen LogP contribution is -2.35. The molecular formula is C24H24N4OS. The average molecular weight is 417 g/mol. The molecule has 30 heavy (non-hydrogen) atoms. The van der Waals surface area contributed by atoms with Gasteiger partial charge in [-0.25, -0.2) is 4.98 Å². The molecule has 152 valence electrons. The zero-order valence-electron chi connectivity index (χ0n) is 17.1. The number of likely N-dealkylation sites (N-methyl/N-ethyl adjacent to an activating group) is 1. The predicted molar refractivity (Wildman–Crippen MR) is 122 cm³/mol. The molecule has 0 radical (unpaired) electrons. The summed E-state index contributed by atoms with van der Waals surface area (Å²) in [5.41, 5.74) is 3.78. The number of thioether (sulfide) groups is 1. The van der Waals surface area contributed by atoms with Crippen molar-refractivity contribution in [2.75, 3.05) is 13.3 Å². The first-order valence-corrected chi connectivity index (χ1v) is 11.2. The maximum absolute atomic E-state index is 13.4. The monoisotopic (exact) mass is 416 g/mol. The fourth-order valence-electron chi connectivity index (χ4n) is 3.70. The number of hydrogen-bond acceptors (Lipinski definition) is 4. The number of rotatable bonds is 7. The summed E-state index contributed by atoms with van der Waals surface area (Å²) in [6, 6.07) is 23.6. The molecule has 4 aromatic rings. The molecule has 1 unspecified atom stereocenters. The minimum atomic E-state index is -0.251. The topological polar surface area (TPSA) is 51.0 Å². The fourth-order valence-corrected chi connectivity index (χ4v) is 4.18. The van der Waals surface area contributed by atoms with E-state index in [9.17, 15) is 4.79 Å². The number of carbonyl (C=O) groups excluding carboxylic acids is 1. The summed E-state index contributed by atoms with van der Waals surface area (Å²) in [4.78, 5) is 24.5. The van der Waals surface area contributed by atoms with E-state index in [2.05, 4.69) is 4.98 Å². The number of aromatic nitrogens is 3. The SMILES string of the molecule is CSCc1nc2ccccc2n1CC(=O)N(C)C(c1ccccc1)c1ccccn1. The molecule has 0 aliphatic rings. The molecule has 2 aromatic heterocycles. The number of benzene rings is 2. The Bertz CT molecular complexity index is 1090. The molecule has 0 saturated carbocycles. The number of pyridine rings is 1. The summed E-state index contributed by atoms with van der Waals surface area (Å²) in [5, 5.41) is 0. The Morgan fingerprint density at radius 3 is 2.50 bits per heavy atom. The van der Waals surface area contributed by atoms with Crippen LogP contribution >= 0.6 is 11.8 Å². The van der Waals surface area contributed by atoms with Crippen LogP contribution in [0.1, 0.15) is 23.1 Å². The third-order valence-corrected chi connectivity index (χ3v) is 5.71. The Kier molecular flexibility index (Phi) is 6.14. The maximum atomic E-state index is 13.4. The van der Waals surface area contributed by atoms with Crippen molar-refractivity contribution in [1.29, 1.82) is 0 Å². The molecule has 1 amide bonds. The van der Waals surface area contributed by atoms with Crippen molar-refractivity contribution < 1.29 is 4.79 Å². The van der Waals surface area contributed by atoms with E-state index in [-0.39, 0.29) is 18.5 Å². The second kappa shape index (κ2) is 9.13. The van der Waals surface area contributed by atoms with Crippen molar-refractivity contribution in [3.63, 3.8) is 0 Å². The van der Waals surface area contributed by atoms with Gasteiger partial charge in [-0.1, -0.05) is 48.5 Å². The van der Waals surface area contributed by atoms with Crippen LogP contribution in [-0.2, 0) is 17.1 Å². The van der Waals surface area contributed by atoms with Gasteiger partial charge in [-0.15, -0.1) is 0 Å². The molecule has 2 heterocycles. The standard InChI is InChI=1S/C24H24N4OS/c1-27(24(18-10-4-3-5-11-18)20-13-8-9-15-25-20)23(29)16-28-21-14-7-6-12-19(21)26-22(28)17-30-2/h3-15,24H,16-17H2,1-2H3. The van der Waals surface area contributed by atoms with Crippen LogP contribution in [-0.4, -0.2) is 38.6 Å². The number of carbonyl (C=O) groups is 1. The lowest BCUT2D eigenvalue weighted by atomic mass is 10.0. The van der Waals surface area contributed by atoms with E-state index in [1.165, 1.54) is 0 Å². The Balaban J connectivity index is 1.68. The number of fused-ring (bicyclic) bond motifs is 1. The molecule has 0 fully saturated rings. The molecule has 4 rings (SSSR count). The largest absolute Gasteiger partial charge is 0.331 e. The van der Waals surface area contributed by atoms with Gasteiger partial charge >= 0.3 is 0 Å². The van der Waals surface area contributed by atoms with Crippen molar-refractivity contribution in [3.05, 3.63) is 96.1 Å². The van der Waals surface area contributed by atoms with E-state index in [1.807, 2.05) is 90.7 Å². The second-order valence-corrected chi connectivity index (χ2v) is 7.97. The molecular weight excluding hydrogens is 392 g/mol. The van der Waals surface area contributed by atoms with Crippen LogP contribution in [0, 0.1) is 0 Å². The van der Waals surface area contributed by atoms with Crippen molar-refractivity contribution >= 4 is 28.7 Å². The van der Waals surface area contributed by atoms with Gasteiger partial charge in [0.25, 0.3) is 0 Å². The van der Waals surface area contributed by atoms with E-state index in [0.29, 0.717) is 0 Å². The quantitative estimate of drug-likeness (QED) is 0.444. The van der Waals surface area contributed by atoms with E-state index in [1.54, 1.807) is 22.9 Å². The first-order valence-electron chi connectivity index (χ1n) is 9.83. The lowest BCUT2D eigenvalue weighted by molar-refractivity contribution is -0.132. The normalized spacial score (nSPS) is 12.1. The predicted octanol–water partition coefficient (Wildman–Crippen LogP) is 4.54. The highest BCUT2D eigenvalue weighted by molar-refractivity contribution is 7.97. The van der Waals surface area contributed by atoms with Gasteiger partial charge in [0.05, 0.1) is 28.5 Å². The molecule has 0 aliphatic carbocycles. The summed E-state index contributed by atoms with van der Waals surface area (Å²) in [5.74, 6) is 1.69. The number of para-hydroxylation sites is 2. The van der Waals surface area contributed by atoms with Crippen LogP contribution in [0.4, 0.5) is 0 Å². The van der Waals surface area contributed by atoms with Crippen LogP contribution < -0.4 is 0 Å². The highest BCUT2D eigenvalue weighted by Crippen LogP contribution is 2.27. The first kappa shape index (κ1) is 20.2. The zero-order chi connectivity index (χ0) is 20.9. The van der Waals surface area contributed by atoms with Gasteiger partial charge < -0.3 is 9.47 Å². The van der Waals surface area contributed by atoms with Gasteiger partial charge in [0.15, 0.2) is 0 Å². The van der Waals surface area contributed by atoms with Crippen LogP contribution in [0.2, 0.25) is 0 Å². The van der Waals surface area contributed by atoms with Crippen LogP contribution in [0.15, 0.2) is 79.0 Å². The summed E-state index contributed by atoms with van der Waals surface area (Å²) >= 11 is 1.70. The van der Waals surface area contributed by atoms with Gasteiger partial charge in [-0.2, -0.15) is 11.8 Å². The number of imidazole rings is 1. The lowest BCUT2D eigenvalue weighted by Gasteiger charge is -2.29. The molecule has 0 spiro atoms. The van der Waals surface area contributed by atoms with Gasteiger partial charge in [-0.3, -0.25) is 9.78 Å². The molecule has 1 atom stereocenters. The van der Waals surface area contributed by atoms with Gasteiger partial charge in [0.1, 0.15) is 12.4 Å². The molecule has 0 saturated heterocycles. The molecule has 6 heteroatoms. The van der Waals surface area contributed by atoms with E-state index < -0.39 is 0 Å². The Labute approximate surface area is 180 Å². The van der Waals surface area contributed by atoms with Crippen molar-refractivity contribution in [2.24, 2.45) is 0 Å². The fraction of sp³-hybridized carbons (Fsp3) is 0.208. The summed E-state index contributed by atoms with van der Waals surface area (Å²) < 4.78 is 2.03. The maximum Gasteiger partial charge on any atom is 0.243 e. The third kappa shape index (κ3) is 4.09. The third-order valence-electron chi connectivity index (χ3n) is 5.16. The van der Waals surface area contributed by atoms with Crippen molar-refractivity contribution in [1.82, 2.24) is 19.4 Å².